The number of carbonyl (C=O) groups is 1. The number of amides is 1. The Balaban J connectivity index is 1.60. The summed E-state index contributed by atoms with van der Waals surface area (Å²) in [5.41, 5.74) is 17.6. The van der Waals surface area contributed by atoms with Gasteiger partial charge in [0.2, 0.25) is 5.90 Å². The fraction of sp³-hybridized carbons (Fsp3) is 0.278. The molecular weight excluding hydrogens is 612 g/mol. The summed E-state index contributed by atoms with van der Waals surface area (Å²) < 4.78 is 12.3. The van der Waals surface area contributed by atoms with Gasteiger partial charge in [-0.15, -0.1) is 0 Å². The van der Waals surface area contributed by atoms with Crippen LogP contribution in [0, 0.1) is 0 Å². The van der Waals surface area contributed by atoms with Gasteiger partial charge in [0.25, 0.3) is 5.91 Å². The molecule has 248 valence electrons. The summed E-state index contributed by atoms with van der Waals surface area (Å²) in [5.74, 6) is 0.291. The molecule has 0 radical (unpaired) electrons. The van der Waals surface area contributed by atoms with Crippen LogP contribution in [0.1, 0.15) is 34.8 Å². The van der Waals surface area contributed by atoms with Gasteiger partial charge in [-0.25, -0.2) is 10.4 Å². The Hall–Kier alpha value is -5.23. The molecule has 12 nitrogen and oxygen atoms in total. The molecule has 0 unspecified atom stereocenters. The first-order valence-electron chi connectivity index (χ1n) is 15.6. The van der Waals surface area contributed by atoms with Crippen LogP contribution in [0.5, 0.6) is 5.75 Å². The van der Waals surface area contributed by atoms with Gasteiger partial charge in [0, 0.05) is 29.9 Å². The minimum atomic E-state index is -1.59. The Kier molecular flexibility index (Phi) is 11.8. The number of carbonyl (C=O) groups excluding carboxylic acids is 1. The van der Waals surface area contributed by atoms with Gasteiger partial charge in [-0.3, -0.25) is 10.2 Å². The third kappa shape index (κ3) is 8.00. The van der Waals surface area contributed by atoms with Crippen molar-refractivity contribution >= 4 is 11.8 Å². The molecule has 2 atom stereocenters. The van der Waals surface area contributed by atoms with Crippen molar-refractivity contribution in [2.24, 2.45) is 10.1 Å². The molecule has 0 bridgehead atoms. The largest absolute Gasteiger partial charge is 0.494 e. The van der Waals surface area contributed by atoms with E-state index in [1.807, 2.05) is 78.9 Å². The van der Waals surface area contributed by atoms with E-state index in [1.165, 1.54) is 0 Å². The van der Waals surface area contributed by atoms with Gasteiger partial charge in [-0.1, -0.05) is 84.0 Å². The lowest BCUT2D eigenvalue weighted by atomic mass is 9.80. The molecule has 12 heteroatoms. The van der Waals surface area contributed by atoms with Gasteiger partial charge in [-0.2, -0.15) is 0 Å². The molecule has 1 heterocycles. The van der Waals surface area contributed by atoms with Crippen LogP contribution < -0.4 is 15.6 Å². The number of benzene rings is 4. The molecule has 5 rings (SSSR count). The number of aliphatic imine (C=N–C) groups is 1. The van der Waals surface area contributed by atoms with Crippen LogP contribution >= 0.6 is 0 Å². The van der Waals surface area contributed by atoms with Crippen molar-refractivity contribution in [3.05, 3.63) is 136 Å². The van der Waals surface area contributed by atoms with Crippen molar-refractivity contribution in [2.45, 2.75) is 37.1 Å². The van der Waals surface area contributed by atoms with Gasteiger partial charge < -0.3 is 24.8 Å². The number of aliphatic hydroxyl groups excluding tert-OH is 3. The maximum Gasteiger partial charge on any atom is 0.266 e. The summed E-state index contributed by atoms with van der Waals surface area (Å²) in [5, 5.41) is 32.2. The van der Waals surface area contributed by atoms with Gasteiger partial charge in [0.05, 0.1) is 32.4 Å². The number of azide groups is 1. The third-order valence-electron chi connectivity index (χ3n) is 8.06. The average Bonchev–Trinajstić information content (AvgIpc) is 3.52. The molecule has 0 fully saturated rings. The number of hydrazine groups is 1. The van der Waals surface area contributed by atoms with Gasteiger partial charge in [0.1, 0.15) is 5.75 Å². The second-order valence-electron chi connectivity index (χ2n) is 11.3. The Morgan fingerprint density at radius 2 is 1.54 bits per heavy atom. The predicted octanol–water partition coefficient (Wildman–Crippen LogP) is 4.40. The zero-order valence-corrected chi connectivity index (χ0v) is 26.3. The first kappa shape index (κ1) is 34.1. The molecule has 4 aromatic carbocycles. The van der Waals surface area contributed by atoms with Crippen LogP contribution in [-0.4, -0.2) is 65.1 Å². The van der Waals surface area contributed by atoms with E-state index in [0.29, 0.717) is 29.9 Å². The predicted molar refractivity (Wildman–Crippen MR) is 181 cm³/mol. The second kappa shape index (κ2) is 16.6. The smallest absolute Gasteiger partial charge is 0.266 e. The molecule has 48 heavy (non-hydrogen) atoms. The monoisotopic (exact) mass is 650 g/mol. The first-order chi connectivity index (χ1) is 23.5. The van der Waals surface area contributed by atoms with Crippen LogP contribution in [-0.2, 0) is 22.5 Å². The number of nitrogens with one attached hydrogen (secondary N) is 2. The molecule has 0 spiro atoms. The number of hydrogen-bond acceptors (Lipinski definition) is 9. The third-order valence-corrected chi connectivity index (χ3v) is 8.06. The topological polar surface area (TPSA) is 181 Å². The van der Waals surface area contributed by atoms with Crippen LogP contribution in [0.15, 0.2) is 113 Å². The lowest BCUT2D eigenvalue weighted by molar-refractivity contribution is -0.130. The van der Waals surface area contributed by atoms with E-state index >= 15 is 0 Å². The Bertz CT molecular complexity index is 1720. The molecule has 4 aromatic rings. The number of nitrogens with zero attached hydrogens (tertiary/aromatic N) is 4. The molecule has 1 aliphatic heterocycles. The molecule has 0 saturated heterocycles. The Morgan fingerprint density at radius 3 is 2.21 bits per heavy atom. The van der Waals surface area contributed by atoms with Crippen LogP contribution in [0.4, 0.5) is 0 Å². The van der Waals surface area contributed by atoms with E-state index in [4.69, 9.17) is 25.1 Å². The van der Waals surface area contributed by atoms with E-state index in [-0.39, 0.29) is 25.5 Å². The van der Waals surface area contributed by atoms with Crippen molar-refractivity contribution in [3.8, 4) is 16.9 Å². The normalized spacial score (nSPS) is 16.9. The lowest BCUT2D eigenvalue weighted by Crippen LogP contribution is -2.57. The van der Waals surface area contributed by atoms with Gasteiger partial charge in [-0.05, 0) is 57.6 Å². The second-order valence-corrected chi connectivity index (χ2v) is 11.3. The molecular formula is C36H38N6O6. The zero-order chi connectivity index (χ0) is 33.8. The molecule has 0 aliphatic carbocycles. The highest BCUT2D eigenvalue weighted by atomic mass is 16.5. The van der Waals surface area contributed by atoms with Crippen molar-refractivity contribution < 1.29 is 29.6 Å². The minimum absolute atomic E-state index is 0.0266. The van der Waals surface area contributed by atoms with Crippen LogP contribution in [0.3, 0.4) is 0 Å². The SMILES string of the molecule is [N-]=[N+]=NCc1ccccc1C[C@]1(C(=O)NNC(CO)CO)N=C(c2ccc(OCCCO)cc2)O[C@H]1c1ccc(-c2ccccc2)cc1. The molecule has 1 amide bonds. The van der Waals surface area contributed by atoms with E-state index in [0.717, 1.165) is 22.3 Å². The van der Waals surface area contributed by atoms with Gasteiger partial charge in [0.15, 0.2) is 11.6 Å². The van der Waals surface area contributed by atoms with E-state index in [9.17, 15) is 15.0 Å². The summed E-state index contributed by atoms with van der Waals surface area (Å²) in [4.78, 5) is 22.4. The number of rotatable bonds is 16. The Morgan fingerprint density at radius 1 is 0.896 bits per heavy atom. The highest BCUT2D eigenvalue weighted by Crippen LogP contribution is 2.43. The lowest BCUT2D eigenvalue weighted by Gasteiger charge is -2.32. The quantitative estimate of drug-likeness (QED) is 0.0392. The molecule has 5 N–H and O–H groups in total. The average molecular weight is 651 g/mol. The fourth-order valence-electron chi connectivity index (χ4n) is 5.47. The summed E-state index contributed by atoms with van der Waals surface area (Å²) in [6.07, 6.45) is -0.339. The minimum Gasteiger partial charge on any atom is -0.494 e. The van der Waals surface area contributed by atoms with E-state index < -0.39 is 36.8 Å². The van der Waals surface area contributed by atoms with E-state index in [2.05, 4.69) is 20.9 Å². The highest BCUT2D eigenvalue weighted by Gasteiger charge is 2.53. The molecule has 0 saturated carbocycles. The standard InChI is InChI=1S/C36H38N6O6/c37-42-38-22-30-10-5-4-9-29(30)21-36(35(46)41-40-31(23-44)24-45)33(27-13-11-26(12-14-27)25-7-2-1-3-8-25)48-34(39-36)28-15-17-32(18-16-28)47-20-6-19-43/h1-5,7-18,31,33,40,43-45H,6,19-24H2,(H,41,46)/t33-,36-/m0/s1. The van der Waals surface area contributed by atoms with Crippen molar-refractivity contribution in [1.29, 1.82) is 0 Å². The van der Waals surface area contributed by atoms with Gasteiger partial charge >= 0.3 is 0 Å². The summed E-state index contributed by atoms with van der Waals surface area (Å²) in [7, 11) is 0. The molecule has 0 aromatic heterocycles. The summed E-state index contributed by atoms with van der Waals surface area (Å²) >= 11 is 0. The van der Waals surface area contributed by atoms with Crippen molar-refractivity contribution in [1.82, 2.24) is 10.9 Å². The fourth-order valence-corrected chi connectivity index (χ4v) is 5.47. The maximum atomic E-state index is 14.4. The van der Waals surface area contributed by atoms with Crippen LogP contribution in [0.2, 0.25) is 0 Å². The number of aliphatic hydroxyl groups is 3. The highest BCUT2D eigenvalue weighted by molar-refractivity contribution is 6.01. The van der Waals surface area contributed by atoms with Crippen molar-refractivity contribution in [2.75, 3.05) is 26.4 Å². The summed E-state index contributed by atoms with van der Waals surface area (Å²) in [6, 6.07) is 31.3. The zero-order valence-electron chi connectivity index (χ0n) is 26.3. The van der Waals surface area contributed by atoms with E-state index in [1.54, 1.807) is 24.3 Å². The summed E-state index contributed by atoms with van der Waals surface area (Å²) in [6.45, 7) is -0.367. The number of ether oxygens (including phenoxy) is 2. The first-order valence-corrected chi connectivity index (χ1v) is 15.6. The Labute approximate surface area is 278 Å². The molecule has 1 aliphatic rings. The van der Waals surface area contributed by atoms with Crippen molar-refractivity contribution in [3.63, 3.8) is 0 Å². The maximum absolute atomic E-state index is 14.4. The number of hydrogen-bond donors (Lipinski definition) is 5. The van der Waals surface area contributed by atoms with Crippen LogP contribution in [0.25, 0.3) is 21.6 Å².